The third-order valence-corrected chi connectivity index (χ3v) is 7.53. The van der Waals surface area contributed by atoms with Crippen molar-refractivity contribution in [2.45, 2.75) is 46.1 Å². The summed E-state index contributed by atoms with van der Waals surface area (Å²) in [5, 5.41) is 7.43. The quantitative estimate of drug-likeness (QED) is 0.784. The molecule has 0 radical (unpaired) electrons. The fraction of sp³-hybridized carbons (Fsp3) is 0.600. The molecule has 4 rings (SSSR count). The minimum absolute atomic E-state index is 0.0435. The van der Waals surface area contributed by atoms with Crippen molar-refractivity contribution in [1.82, 2.24) is 19.7 Å². The Kier molecular flexibility index (Phi) is 5.52. The van der Waals surface area contributed by atoms with Gasteiger partial charge in [0.05, 0.1) is 23.2 Å². The zero-order chi connectivity index (χ0) is 21.5. The highest BCUT2D eigenvalue weighted by atomic mass is 32.2. The second-order valence-electron chi connectivity index (χ2n) is 8.37. The van der Waals surface area contributed by atoms with Crippen LogP contribution in [0.1, 0.15) is 42.4 Å². The van der Waals surface area contributed by atoms with Gasteiger partial charge in [0.2, 0.25) is 11.9 Å². The number of piperidine rings is 1. The van der Waals surface area contributed by atoms with Crippen molar-refractivity contribution in [3.63, 3.8) is 0 Å². The third kappa shape index (κ3) is 4.48. The lowest BCUT2D eigenvalue weighted by Crippen LogP contribution is -2.39. The number of anilines is 2. The van der Waals surface area contributed by atoms with Crippen LogP contribution in [-0.4, -0.2) is 58.7 Å². The number of carbonyl (C=O) groups is 1. The lowest BCUT2D eigenvalue weighted by molar-refractivity contribution is -0.120. The monoisotopic (exact) mass is 432 g/mol. The Hall–Kier alpha value is -2.49. The number of rotatable bonds is 4. The summed E-state index contributed by atoms with van der Waals surface area (Å²) in [6.45, 7) is 7.20. The minimum atomic E-state index is -3.03. The van der Waals surface area contributed by atoms with Gasteiger partial charge in [-0.2, -0.15) is 5.10 Å². The maximum Gasteiger partial charge on any atom is 0.228 e. The van der Waals surface area contributed by atoms with E-state index >= 15 is 0 Å². The molecule has 2 aliphatic heterocycles. The van der Waals surface area contributed by atoms with Gasteiger partial charge in [0.15, 0.2) is 9.84 Å². The first-order chi connectivity index (χ1) is 14.2. The Morgan fingerprint density at radius 1 is 1.03 bits per heavy atom. The summed E-state index contributed by atoms with van der Waals surface area (Å²) < 4.78 is 25.4. The molecule has 0 spiro atoms. The molecule has 1 atom stereocenters. The van der Waals surface area contributed by atoms with Gasteiger partial charge in [-0.3, -0.25) is 4.79 Å². The average molecular weight is 433 g/mol. The van der Waals surface area contributed by atoms with E-state index in [4.69, 9.17) is 0 Å². The van der Waals surface area contributed by atoms with Crippen LogP contribution in [0.4, 0.5) is 11.8 Å². The zero-order valence-corrected chi connectivity index (χ0v) is 18.4. The predicted molar refractivity (Wildman–Crippen MR) is 114 cm³/mol. The third-order valence-electron chi connectivity index (χ3n) is 5.78. The SMILES string of the molecule is Cc1cc(C)nc(N2CCC(C(=O)Nc3cc(C)nn3[C@H]3CCS(=O)(=O)C3)CC2)n1. The molecule has 1 N–H and O–H groups in total. The van der Waals surface area contributed by atoms with Crippen LogP contribution in [-0.2, 0) is 14.6 Å². The molecule has 162 valence electrons. The van der Waals surface area contributed by atoms with Crippen LogP contribution in [0.3, 0.4) is 0 Å². The Morgan fingerprint density at radius 3 is 2.30 bits per heavy atom. The second-order valence-corrected chi connectivity index (χ2v) is 10.6. The van der Waals surface area contributed by atoms with Gasteiger partial charge in [-0.1, -0.05) is 0 Å². The van der Waals surface area contributed by atoms with Crippen LogP contribution >= 0.6 is 0 Å². The molecular formula is C20H28N6O3S. The number of sulfone groups is 1. The maximum atomic E-state index is 12.9. The normalized spacial score (nSPS) is 21.7. The minimum Gasteiger partial charge on any atom is -0.341 e. The number of amides is 1. The Morgan fingerprint density at radius 2 is 1.70 bits per heavy atom. The number of nitrogens with one attached hydrogen (secondary N) is 1. The predicted octanol–water partition coefficient (Wildman–Crippen LogP) is 1.81. The van der Waals surface area contributed by atoms with E-state index in [1.54, 1.807) is 10.7 Å². The molecule has 10 heteroatoms. The summed E-state index contributed by atoms with van der Waals surface area (Å²) in [6, 6.07) is 3.54. The Balaban J connectivity index is 1.40. The molecule has 0 aromatic carbocycles. The molecule has 0 unspecified atom stereocenters. The molecule has 1 amide bonds. The lowest BCUT2D eigenvalue weighted by atomic mass is 9.96. The van der Waals surface area contributed by atoms with Crippen LogP contribution < -0.4 is 10.2 Å². The first-order valence-electron chi connectivity index (χ1n) is 10.3. The van der Waals surface area contributed by atoms with E-state index in [-0.39, 0.29) is 29.4 Å². The molecule has 2 aromatic rings. The number of aromatic nitrogens is 4. The first kappa shape index (κ1) is 20.8. The average Bonchev–Trinajstić information content (AvgIpc) is 3.22. The van der Waals surface area contributed by atoms with Gasteiger partial charge in [0.25, 0.3) is 0 Å². The summed E-state index contributed by atoms with van der Waals surface area (Å²) in [5.41, 5.74) is 2.64. The van der Waals surface area contributed by atoms with E-state index in [1.165, 1.54) is 0 Å². The summed E-state index contributed by atoms with van der Waals surface area (Å²) in [7, 11) is -3.03. The van der Waals surface area contributed by atoms with E-state index in [0.717, 1.165) is 36.1 Å². The van der Waals surface area contributed by atoms with Gasteiger partial charge in [0, 0.05) is 36.5 Å². The van der Waals surface area contributed by atoms with E-state index < -0.39 is 9.84 Å². The molecule has 2 fully saturated rings. The fourth-order valence-corrected chi connectivity index (χ4v) is 5.97. The van der Waals surface area contributed by atoms with Gasteiger partial charge in [0.1, 0.15) is 5.82 Å². The van der Waals surface area contributed by atoms with Gasteiger partial charge in [-0.15, -0.1) is 0 Å². The van der Waals surface area contributed by atoms with Crippen molar-refractivity contribution >= 4 is 27.5 Å². The highest BCUT2D eigenvalue weighted by molar-refractivity contribution is 7.91. The smallest absolute Gasteiger partial charge is 0.228 e. The fourth-order valence-electron chi connectivity index (χ4n) is 4.28. The maximum absolute atomic E-state index is 12.9. The van der Waals surface area contributed by atoms with Crippen molar-refractivity contribution < 1.29 is 13.2 Å². The van der Waals surface area contributed by atoms with Crippen molar-refractivity contribution in [2.24, 2.45) is 5.92 Å². The Labute approximate surface area is 176 Å². The standard InChI is InChI=1S/C20H28N6O3S/c1-13-10-14(2)22-20(21-13)25-7-4-16(5-8-25)19(27)23-18-11-15(3)24-26(18)17-6-9-30(28,29)12-17/h10-11,16-17H,4-9,12H2,1-3H3,(H,23,27)/t17-/m0/s1. The van der Waals surface area contributed by atoms with Crippen LogP contribution in [0.25, 0.3) is 0 Å². The van der Waals surface area contributed by atoms with Crippen LogP contribution in [0.2, 0.25) is 0 Å². The van der Waals surface area contributed by atoms with Crippen molar-refractivity contribution in [3.05, 3.63) is 29.2 Å². The summed E-state index contributed by atoms with van der Waals surface area (Å²) in [5.74, 6) is 1.40. The molecule has 30 heavy (non-hydrogen) atoms. The molecule has 2 aliphatic rings. The number of hydrogen-bond acceptors (Lipinski definition) is 7. The number of hydrogen-bond donors (Lipinski definition) is 1. The molecule has 0 aliphatic carbocycles. The molecular weight excluding hydrogens is 404 g/mol. The zero-order valence-electron chi connectivity index (χ0n) is 17.6. The number of carbonyl (C=O) groups excluding carboxylic acids is 1. The van der Waals surface area contributed by atoms with E-state index in [1.807, 2.05) is 26.8 Å². The number of aryl methyl sites for hydroxylation is 3. The summed E-state index contributed by atoms with van der Waals surface area (Å²) >= 11 is 0. The van der Waals surface area contributed by atoms with E-state index in [2.05, 4.69) is 25.3 Å². The van der Waals surface area contributed by atoms with E-state index in [9.17, 15) is 13.2 Å². The highest BCUT2D eigenvalue weighted by Crippen LogP contribution is 2.28. The van der Waals surface area contributed by atoms with Crippen molar-refractivity contribution in [1.29, 1.82) is 0 Å². The highest BCUT2D eigenvalue weighted by Gasteiger charge is 2.32. The van der Waals surface area contributed by atoms with Gasteiger partial charge >= 0.3 is 0 Å². The van der Waals surface area contributed by atoms with Crippen molar-refractivity contribution in [2.75, 3.05) is 34.8 Å². The Bertz CT molecular complexity index is 1040. The van der Waals surface area contributed by atoms with Gasteiger partial charge < -0.3 is 10.2 Å². The van der Waals surface area contributed by atoms with Crippen LogP contribution in [0, 0.1) is 26.7 Å². The molecule has 2 aromatic heterocycles. The van der Waals surface area contributed by atoms with Crippen LogP contribution in [0.5, 0.6) is 0 Å². The van der Waals surface area contributed by atoms with E-state index in [0.29, 0.717) is 25.1 Å². The van der Waals surface area contributed by atoms with Crippen molar-refractivity contribution in [3.8, 4) is 0 Å². The number of nitrogens with zero attached hydrogens (tertiary/aromatic N) is 5. The topological polar surface area (TPSA) is 110 Å². The van der Waals surface area contributed by atoms with Gasteiger partial charge in [-0.05, 0) is 46.1 Å². The largest absolute Gasteiger partial charge is 0.341 e. The first-order valence-corrected chi connectivity index (χ1v) is 12.2. The molecule has 2 saturated heterocycles. The van der Waals surface area contributed by atoms with Crippen LogP contribution in [0.15, 0.2) is 12.1 Å². The molecule has 9 nitrogen and oxygen atoms in total. The molecule has 0 bridgehead atoms. The van der Waals surface area contributed by atoms with Gasteiger partial charge in [-0.25, -0.2) is 23.1 Å². The second kappa shape index (κ2) is 7.98. The molecule has 0 saturated carbocycles. The lowest BCUT2D eigenvalue weighted by Gasteiger charge is -2.31. The summed E-state index contributed by atoms with van der Waals surface area (Å²) in [6.07, 6.45) is 1.96. The molecule has 4 heterocycles. The summed E-state index contributed by atoms with van der Waals surface area (Å²) in [4.78, 5) is 24.1.